The lowest BCUT2D eigenvalue weighted by atomic mass is 9.87. The summed E-state index contributed by atoms with van der Waals surface area (Å²) in [6.45, 7) is 1.85. The molecule has 0 heterocycles. The SMILES string of the molecule is CCCOC1C(O)CC1OC(C(F)(F)F)C(F)(F)F. The lowest BCUT2D eigenvalue weighted by Gasteiger charge is -2.42. The van der Waals surface area contributed by atoms with Crippen LogP contribution >= 0.6 is 0 Å². The van der Waals surface area contributed by atoms with Gasteiger partial charge in [0.25, 0.3) is 0 Å². The molecule has 1 aliphatic rings. The van der Waals surface area contributed by atoms with E-state index in [0.29, 0.717) is 6.42 Å². The van der Waals surface area contributed by atoms with E-state index in [1.54, 1.807) is 6.92 Å². The fourth-order valence-corrected chi connectivity index (χ4v) is 1.68. The van der Waals surface area contributed by atoms with Crippen LogP contribution in [0.25, 0.3) is 0 Å². The molecule has 9 heteroatoms. The van der Waals surface area contributed by atoms with E-state index < -0.39 is 36.8 Å². The van der Waals surface area contributed by atoms with Crippen LogP contribution in [0.4, 0.5) is 26.3 Å². The second-order valence-corrected chi connectivity index (χ2v) is 4.28. The fourth-order valence-electron chi connectivity index (χ4n) is 1.68. The van der Waals surface area contributed by atoms with Crippen molar-refractivity contribution < 1.29 is 40.9 Å². The van der Waals surface area contributed by atoms with Gasteiger partial charge in [0.05, 0.1) is 12.2 Å². The Bertz CT molecular complexity index is 276. The topological polar surface area (TPSA) is 38.7 Å². The molecule has 1 rings (SSSR count). The molecule has 1 aliphatic carbocycles. The van der Waals surface area contributed by atoms with Crippen molar-refractivity contribution in [1.29, 1.82) is 0 Å². The molecule has 114 valence electrons. The Balaban J connectivity index is 2.65. The summed E-state index contributed by atoms with van der Waals surface area (Å²) in [6.07, 6.45) is -18.4. The Hall–Kier alpha value is -0.540. The Morgan fingerprint density at radius 1 is 1.16 bits per heavy atom. The van der Waals surface area contributed by atoms with E-state index in [1.165, 1.54) is 0 Å². The van der Waals surface area contributed by atoms with Crippen LogP contribution in [0, 0.1) is 0 Å². The molecule has 1 N–H and O–H groups in total. The molecule has 3 unspecified atom stereocenters. The van der Waals surface area contributed by atoms with Gasteiger partial charge in [-0.2, -0.15) is 26.3 Å². The Kier molecular flexibility index (Phi) is 5.08. The largest absolute Gasteiger partial charge is 0.423 e. The predicted octanol–water partition coefficient (Wildman–Crippen LogP) is 2.42. The molecular formula is C10H14F6O3. The number of rotatable bonds is 5. The molecule has 3 atom stereocenters. The van der Waals surface area contributed by atoms with Crippen molar-refractivity contribution in [1.82, 2.24) is 0 Å². The van der Waals surface area contributed by atoms with Crippen LogP contribution in [0.3, 0.4) is 0 Å². The van der Waals surface area contributed by atoms with Gasteiger partial charge in [0.2, 0.25) is 6.10 Å². The Morgan fingerprint density at radius 3 is 2.05 bits per heavy atom. The molecule has 1 fully saturated rings. The zero-order valence-corrected chi connectivity index (χ0v) is 9.96. The predicted molar refractivity (Wildman–Crippen MR) is 51.4 cm³/mol. The smallest absolute Gasteiger partial charge is 0.390 e. The molecule has 0 bridgehead atoms. The monoisotopic (exact) mass is 296 g/mol. The Labute approximate surface area is 105 Å². The molecule has 0 saturated heterocycles. The number of ether oxygens (including phenoxy) is 2. The number of aliphatic hydroxyl groups is 1. The van der Waals surface area contributed by atoms with Crippen molar-refractivity contribution in [2.45, 2.75) is 56.5 Å². The summed E-state index contributed by atoms with van der Waals surface area (Å²) in [7, 11) is 0. The van der Waals surface area contributed by atoms with Crippen LogP contribution in [-0.2, 0) is 9.47 Å². The highest BCUT2D eigenvalue weighted by Crippen LogP contribution is 2.39. The third kappa shape index (κ3) is 4.22. The molecular weight excluding hydrogens is 282 g/mol. The molecule has 1 saturated carbocycles. The van der Waals surface area contributed by atoms with Gasteiger partial charge in [-0.3, -0.25) is 0 Å². The number of alkyl halides is 6. The van der Waals surface area contributed by atoms with Crippen molar-refractivity contribution in [3.63, 3.8) is 0 Å². The molecule has 3 nitrogen and oxygen atoms in total. The van der Waals surface area contributed by atoms with Gasteiger partial charge in [-0.25, -0.2) is 0 Å². The summed E-state index contributed by atoms with van der Waals surface area (Å²) in [5.74, 6) is 0. The quantitative estimate of drug-likeness (QED) is 0.792. The summed E-state index contributed by atoms with van der Waals surface area (Å²) in [5, 5.41) is 9.26. The van der Waals surface area contributed by atoms with Gasteiger partial charge < -0.3 is 14.6 Å². The van der Waals surface area contributed by atoms with E-state index in [1.807, 2.05) is 0 Å². The van der Waals surface area contributed by atoms with Crippen LogP contribution in [0.15, 0.2) is 0 Å². The minimum absolute atomic E-state index is 0.129. The zero-order valence-electron chi connectivity index (χ0n) is 9.96. The summed E-state index contributed by atoms with van der Waals surface area (Å²) in [6, 6.07) is 0. The van der Waals surface area contributed by atoms with Crippen LogP contribution in [0.2, 0.25) is 0 Å². The van der Waals surface area contributed by atoms with Gasteiger partial charge in [-0.1, -0.05) is 6.92 Å². The van der Waals surface area contributed by atoms with Crippen LogP contribution in [0.1, 0.15) is 19.8 Å². The molecule has 0 spiro atoms. The van der Waals surface area contributed by atoms with E-state index >= 15 is 0 Å². The highest BCUT2D eigenvalue weighted by molar-refractivity contribution is 4.94. The average molecular weight is 296 g/mol. The van der Waals surface area contributed by atoms with E-state index in [0.717, 1.165) is 0 Å². The maximum atomic E-state index is 12.3. The first-order chi connectivity index (χ1) is 8.57. The lowest BCUT2D eigenvalue weighted by Crippen LogP contribution is -2.58. The number of aliphatic hydroxyl groups excluding tert-OH is 1. The lowest BCUT2D eigenvalue weighted by molar-refractivity contribution is -0.350. The van der Waals surface area contributed by atoms with Crippen molar-refractivity contribution in [2.75, 3.05) is 6.61 Å². The minimum Gasteiger partial charge on any atom is -0.390 e. The third-order valence-electron chi connectivity index (χ3n) is 2.64. The average Bonchev–Trinajstić information content (AvgIpc) is 2.20. The van der Waals surface area contributed by atoms with Gasteiger partial charge in [0.1, 0.15) is 6.10 Å². The van der Waals surface area contributed by atoms with Gasteiger partial charge in [-0.05, 0) is 6.42 Å². The van der Waals surface area contributed by atoms with Crippen molar-refractivity contribution in [2.24, 2.45) is 0 Å². The summed E-state index contributed by atoms with van der Waals surface area (Å²) in [4.78, 5) is 0. The van der Waals surface area contributed by atoms with E-state index in [9.17, 15) is 31.4 Å². The first kappa shape index (κ1) is 16.5. The van der Waals surface area contributed by atoms with Crippen molar-refractivity contribution >= 4 is 0 Å². The fraction of sp³-hybridized carbons (Fsp3) is 1.00. The number of hydrogen-bond acceptors (Lipinski definition) is 3. The maximum absolute atomic E-state index is 12.3. The zero-order chi connectivity index (χ0) is 14.8. The Morgan fingerprint density at radius 2 is 1.68 bits per heavy atom. The van der Waals surface area contributed by atoms with E-state index in [4.69, 9.17) is 4.74 Å². The van der Waals surface area contributed by atoms with E-state index in [2.05, 4.69) is 4.74 Å². The summed E-state index contributed by atoms with van der Waals surface area (Å²) < 4.78 is 82.6. The molecule has 0 amide bonds. The molecule has 0 aromatic heterocycles. The first-order valence-electron chi connectivity index (χ1n) is 5.66. The van der Waals surface area contributed by atoms with Crippen molar-refractivity contribution in [3.8, 4) is 0 Å². The summed E-state index contributed by atoms with van der Waals surface area (Å²) in [5.41, 5.74) is 0. The van der Waals surface area contributed by atoms with Gasteiger partial charge in [0, 0.05) is 13.0 Å². The van der Waals surface area contributed by atoms with Crippen molar-refractivity contribution in [3.05, 3.63) is 0 Å². The highest BCUT2D eigenvalue weighted by Gasteiger charge is 2.60. The highest BCUT2D eigenvalue weighted by atomic mass is 19.4. The first-order valence-corrected chi connectivity index (χ1v) is 5.66. The standard InChI is InChI=1S/C10H14F6O3/c1-2-3-18-7-5(17)4-6(7)19-8(9(11,12)13)10(14,15)16/h5-8,17H,2-4H2,1H3. The van der Waals surface area contributed by atoms with Crippen LogP contribution in [-0.4, -0.2) is 48.5 Å². The number of halogens is 6. The molecule has 0 aliphatic heterocycles. The second-order valence-electron chi connectivity index (χ2n) is 4.28. The van der Waals surface area contributed by atoms with Crippen LogP contribution in [0.5, 0.6) is 0 Å². The molecule has 0 aromatic carbocycles. The summed E-state index contributed by atoms with van der Waals surface area (Å²) >= 11 is 0. The van der Waals surface area contributed by atoms with Gasteiger partial charge in [-0.15, -0.1) is 0 Å². The molecule has 19 heavy (non-hydrogen) atoms. The second kappa shape index (κ2) is 5.84. The van der Waals surface area contributed by atoms with Gasteiger partial charge in [0.15, 0.2) is 0 Å². The minimum atomic E-state index is -5.55. The normalized spacial score (nSPS) is 28.6. The maximum Gasteiger partial charge on any atom is 0.423 e. The van der Waals surface area contributed by atoms with Gasteiger partial charge >= 0.3 is 12.4 Å². The number of hydrogen-bond donors (Lipinski definition) is 1. The molecule has 0 radical (unpaired) electrons. The molecule has 0 aromatic rings. The third-order valence-corrected chi connectivity index (χ3v) is 2.64. The van der Waals surface area contributed by atoms with E-state index in [-0.39, 0.29) is 13.0 Å². The van der Waals surface area contributed by atoms with Crippen LogP contribution < -0.4 is 0 Å².